The van der Waals surface area contributed by atoms with Gasteiger partial charge < -0.3 is 14.7 Å². The molecule has 2 N–H and O–H groups in total. The molecule has 31 heavy (non-hydrogen) atoms. The van der Waals surface area contributed by atoms with Crippen LogP contribution in [0.3, 0.4) is 0 Å². The van der Waals surface area contributed by atoms with E-state index in [1.807, 2.05) is 31.2 Å². The first-order chi connectivity index (χ1) is 14.9. The number of rotatable bonds is 5. The first-order valence-electron chi connectivity index (χ1n) is 9.04. The zero-order valence-corrected chi connectivity index (χ0v) is 18.4. The maximum atomic E-state index is 12.5. The number of fused-ring (bicyclic) bond motifs is 1. The molecule has 2 aromatic carbocycles. The quantitative estimate of drug-likeness (QED) is 0.258. The molecule has 0 spiro atoms. The second-order valence-corrected chi connectivity index (χ2v) is 8.33. The fourth-order valence-corrected chi connectivity index (χ4v) is 3.91. The Labute approximate surface area is 191 Å². The van der Waals surface area contributed by atoms with Crippen LogP contribution in [0.2, 0.25) is 10.0 Å². The monoisotopic (exact) mass is 468 g/mol. The van der Waals surface area contributed by atoms with E-state index < -0.39 is 5.91 Å². The Balaban J connectivity index is 1.50. The Bertz CT molecular complexity index is 1370. The smallest absolute Gasteiger partial charge is 0.266 e. The van der Waals surface area contributed by atoms with Crippen molar-refractivity contribution in [3.05, 3.63) is 75.5 Å². The summed E-state index contributed by atoms with van der Waals surface area (Å²) in [5.41, 5.74) is 3.12. The molecule has 0 saturated heterocycles. The van der Waals surface area contributed by atoms with Gasteiger partial charge in [0.05, 0.1) is 26.8 Å². The van der Waals surface area contributed by atoms with Crippen molar-refractivity contribution in [2.24, 2.45) is 0 Å². The van der Waals surface area contributed by atoms with E-state index in [0.717, 1.165) is 16.6 Å². The van der Waals surface area contributed by atoms with Gasteiger partial charge in [-0.05, 0) is 60.6 Å². The zero-order valence-electron chi connectivity index (χ0n) is 16.1. The average molecular weight is 469 g/mol. The van der Waals surface area contributed by atoms with Crippen molar-refractivity contribution >= 4 is 63.7 Å². The van der Waals surface area contributed by atoms with E-state index in [2.05, 4.69) is 15.3 Å². The molecule has 0 saturated carbocycles. The van der Waals surface area contributed by atoms with E-state index in [0.29, 0.717) is 26.7 Å². The number of aryl methyl sites for hydroxylation is 1. The maximum Gasteiger partial charge on any atom is 0.266 e. The highest BCUT2D eigenvalue weighted by Crippen LogP contribution is 2.31. The molecule has 0 unspecified atom stereocenters. The highest BCUT2D eigenvalue weighted by atomic mass is 35.5. The maximum absolute atomic E-state index is 12.5. The Morgan fingerprint density at radius 1 is 1.26 bits per heavy atom. The van der Waals surface area contributed by atoms with Gasteiger partial charge in [-0.1, -0.05) is 35.3 Å². The number of hydrogen-bond acceptors (Lipinski definition) is 5. The van der Waals surface area contributed by atoms with Crippen LogP contribution >= 0.6 is 35.0 Å². The highest BCUT2D eigenvalue weighted by Gasteiger charge is 2.14. The second kappa shape index (κ2) is 8.90. The number of furan rings is 1. The predicted molar refractivity (Wildman–Crippen MR) is 122 cm³/mol. The summed E-state index contributed by atoms with van der Waals surface area (Å²) >= 11 is 13.4. The third-order valence-electron chi connectivity index (χ3n) is 4.27. The molecule has 0 aliphatic carbocycles. The SMILES string of the molecule is Cc1ccc2nc(Sc3ccc(/C=C(/C#N)C(=O)Nc4cccc(Cl)c4Cl)o3)[nH]c2c1. The Morgan fingerprint density at radius 3 is 2.90 bits per heavy atom. The fourth-order valence-electron chi connectivity index (χ4n) is 2.79. The number of nitriles is 1. The van der Waals surface area contributed by atoms with E-state index in [4.69, 9.17) is 27.6 Å². The van der Waals surface area contributed by atoms with Crippen LogP contribution < -0.4 is 5.32 Å². The number of H-pyrrole nitrogens is 1. The molecule has 6 nitrogen and oxygen atoms in total. The number of amides is 1. The number of halogens is 2. The lowest BCUT2D eigenvalue weighted by Crippen LogP contribution is -2.13. The summed E-state index contributed by atoms with van der Waals surface area (Å²) in [5.74, 6) is -0.261. The molecule has 0 radical (unpaired) electrons. The van der Waals surface area contributed by atoms with Crippen molar-refractivity contribution < 1.29 is 9.21 Å². The third-order valence-corrected chi connectivity index (χ3v) is 5.89. The zero-order chi connectivity index (χ0) is 22.0. The summed E-state index contributed by atoms with van der Waals surface area (Å²) in [6, 6.07) is 16.1. The van der Waals surface area contributed by atoms with E-state index in [1.165, 1.54) is 17.8 Å². The summed E-state index contributed by atoms with van der Waals surface area (Å²) in [6.07, 6.45) is 1.36. The average Bonchev–Trinajstić information content (AvgIpc) is 3.35. The summed E-state index contributed by atoms with van der Waals surface area (Å²) in [6.45, 7) is 2.02. The Kier molecular flexibility index (Phi) is 6.05. The minimum absolute atomic E-state index is 0.138. The number of carbonyl (C=O) groups is 1. The van der Waals surface area contributed by atoms with Crippen molar-refractivity contribution in [1.29, 1.82) is 5.26 Å². The number of aromatic nitrogens is 2. The molecule has 4 aromatic rings. The number of benzene rings is 2. The molecule has 9 heteroatoms. The van der Waals surface area contributed by atoms with Gasteiger partial charge in [-0.15, -0.1) is 0 Å². The molecule has 0 fully saturated rings. The normalized spacial score (nSPS) is 11.5. The van der Waals surface area contributed by atoms with E-state index in [9.17, 15) is 10.1 Å². The van der Waals surface area contributed by atoms with Crippen LogP contribution in [-0.2, 0) is 4.79 Å². The number of imidazole rings is 1. The fraction of sp³-hybridized carbons (Fsp3) is 0.0455. The van der Waals surface area contributed by atoms with Crippen LogP contribution in [0.15, 0.2) is 68.8 Å². The molecule has 2 aromatic heterocycles. The van der Waals surface area contributed by atoms with Crippen LogP contribution in [0, 0.1) is 18.3 Å². The highest BCUT2D eigenvalue weighted by molar-refractivity contribution is 7.99. The molecular formula is C22H14Cl2N4O2S. The molecule has 0 bridgehead atoms. The van der Waals surface area contributed by atoms with Gasteiger partial charge in [0, 0.05) is 6.08 Å². The van der Waals surface area contributed by atoms with Gasteiger partial charge >= 0.3 is 0 Å². The van der Waals surface area contributed by atoms with E-state index in [1.54, 1.807) is 30.3 Å². The molecule has 154 valence electrons. The minimum atomic E-state index is -0.620. The van der Waals surface area contributed by atoms with Gasteiger partial charge in [0.25, 0.3) is 5.91 Å². The van der Waals surface area contributed by atoms with Gasteiger partial charge in [0.2, 0.25) is 0 Å². The van der Waals surface area contributed by atoms with Crippen LogP contribution in [0.25, 0.3) is 17.1 Å². The first-order valence-corrected chi connectivity index (χ1v) is 10.6. The van der Waals surface area contributed by atoms with Crippen LogP contribution in [0.5, 0.6) is 0 Å². The second-order valence-electron chi connectivity index (χ2n) is 6.55. The topological polar surface area (TPSA) is 94.7 Å². The summed E-state index contributed by atoms with van der Waals surface area (Å²) in [7, 11) is 0. The third kappa shape index (κ3) is 4.78. The van der Waals surface area contributed by atoms with Crippen molar-refractivity contribution in [2.75, 3.05) is 5.32 Å². The Hall–Kier alpha value is -3.18. The standard InChI is InChI=1S/C22H14Cl2N4O2S/c1-12-5-7-16-18(9-12)28-22(27-16)31-19-8-6-14(30-19)10-13(11-25)21(29)26-17-4-2-3-15(23)20(17)24/h2-10H,1H3,(H,26,29)(H,27,28)/b13-10-. The van der Waals surface area contributed by atoms with Crippen molar-refractivity contribution in [3.8, 4) is 6.07 Å². The number of nitrogens with zero attached hydrogens (tertiary/aromatic N) is 2. The van der Waals surface area contributed by atoms with Gasteiger partial charge in [-0.25, -0.2) is 4.98 Å². The number of nitrogens with one attached hydrogen (secondary N) is 2. The minimum Gasteiger partial charge on any atom is -0.450 e. The number of anilines is 1. The van der Waals surface area contributed by atoms with Crippen LogP contribution in [0.1, 0.15) is 11.3 Å². The molecule has 1 amide bonds. The Morgan fingerprint density at radius 2 is 2.10 bits per heavy atom. The summed E-state index contributed by atoms with van der Waals surface area (Å²) in [5, 5.41) is 13.7. The first kappa shape index (κ1) is 21.1. The van der Waals surface area contributed by atoms with E-state index >= 15 is 0 Å². The van der Waals surface area contributed by atoms with Crippen LogP contribution in [-0.4, -0.2) is 15.9 Å². The number of hydrogen-bond donors (Lipinski definition) is 2. The lowest BCUT2D eigenvalue weighted by Gasteiger charge is -2.07. The predicted octanol–water partition coefficient (Wildman–Crippen LogP) is 6.47. The molecule has 0 atom stereocenters. The summed E-state index contributed by atoms with van der Waals surface area (Å²) in [4.78, 5) is 20.2. The van der Waals surface area contributed by atoms with E-state index in [-0.39, 0.29) is 10.6 Å². The van der Waals surface area contributed by atoms with Crippen molar-refractivity contribution in [1.82, 2.24) is 9.97 Å². The van der Waals surface area contributed by atoms with Crippen molar-refractivity contribution in [2.45, 2.75) is 17.2 Å². The van der Waals surface area contributed by atoms with Gasteiger partial charge in [0.1, 0.15) is 17.4 Å². The van der Waals surface area contributed by atoms with Crippen molar-refractivity contribution in [3.63, 3.8) is 0 Å². The number of aromatic amines is 1. The van der Waals surface area contributed by atoms with Gasteiger partial charge in [0.15, 0.2) is 10.2 Å². The van der Waals surface area contributed by atoms with Gasteiger partial charge in [-0.3, -0.25) is 4.79 Å². The van der Waals surface area contributed by atoms with Crippen LogP contribution in [0.4, 0.5) is 5.69 Å². The lowest BCUT2D eigenvalue weighted by atomic mass is 10.2. The lowest BCUT2D eigenvalue weighted by molar-refractivity contribution is -0.112. The molecule has 4 rings (SSSR count). The number of carbonyl (C=O) groups excluding carboxylic acids is 1. The largest absolute Gasteiger partial charge is 0.450 e. The summed E-state index contributed by atoms with van der Waals surface area (Å²) < 4.78 is 5.73. The van der Waals surface area contributed by atoms with Gasteiger partial charge in [-0.2, -0.15) is 5.26 Å². The molecular weight excluding hydrogens is 455 g/mol. The molecule has 0 aliphatic rings. The molecule has 0 aliphatic heterocycles. The molecule has 2 heterocycles.